The van der Waals surface area contributed by atoms with Crippen LogP contribution >= 0.6 is 0 Å². The highest BCUT2D eigenvalue weighted by atomic mass is 32.2. The van der Waals surface area contributed by atoms with Gasteiger partial charge in [0.2, 0.25) is 0 Å². The summed E-state index contributed by atoms with van der Waals surface area (Å²) in [6.07, 6.45) is 0.904. The third kappa shape index (κ3) is 2.89. The van der Waals surface area contributed by atoms with Crippen LogP contribution in [0.3, 0.4) is 0 Å². The summed E-state index contributed by atoms with van der Waals surface area (Å²) in [5.74, 6) is 0. The normalized spacial score (nSPS) is 23.2. The molecule has 0 spiro atoms. The molecule has 1 saturated heterocycles. The van der Waals surface area contributed by atoms with Crippen molar-refractivity contribution in [1.29, 1.82) is 5.26 Å². The van der Waals surface area contributed by atoms with Gasteiger partial charge < -0.3 is 5.73 Å². The van der Waals surface area contributed by atoms with Gasteiger partial charge in [-0.05, 0) is 6.42 Å². The maximum absolute atomic E-state index is 11.9. The van der Waals surface area contributed by atoms with Gasteiger partial charge in [0.15, 0.2) is 0 Å². The highest BCUT2D eigenvalue weighted by Gasteiger charge is 2.32. The number of nitrogens with two attached hydrogens (primary N) is 1. The second-order valence-electron chi connectivity index (χ2n) is 3.64. The van der Waals surface area contributed by atoms with E-state index in [2.05, 4.69) is 0 Å². The van der Waals surface area contributed by atoms with Crippen molar-refractivity contribution in [3.8, 4) is 6.07 Å². The Morgan fingerprint density at radius 2 is 2.33 bits per heavy atom. The predicted molar refractivity (Wildman–Crippen MR) is 55.9 cm³/mol. The molecule has 15 heavy (non-hydrogen) atoms. The average Bonchev–Trinajstić information content (AvgIpc) is 2.61. The van der Waals surface area contributed by atoms with E-state index in [0.29, 0.717) is 19.5 Å². The van der Waals surface area contributed by atoms with Crippen molar-refractivity contribution in [1.82, 2.24) is 8.61 Å². The fourth-order valence-electron chi connectivity index (χ4n) is 1.48. The van der Waals surface area contributed by atoms with Crippen LogP contribution in [-0.2, 0) is 10.2 Å². The van der Waals surface area contributed by atoms with Gasteiger partial charge in [-0.15, -0.1) is 0 Å². The van der Waals surface area contributed by atoms with Crippen molar-refractivity contribution in [3.05, 3.63) is 0 Å². The first-order chi connectivity index (χ1) is 6.98. The van der Waals surface area contributed by atoms with Crippen molar-refractivity contribution in [2.45, 2.75) is 18.9 Å². The van der Waals surface area contributed by atoms with Gasteiger partial charge in [-0.3, -0.25) is 0 Å². The zero-order chi connectivity index (χ0) is 11.5. The maximum Gasteiger partial charge on any atom is 0.281 e. The van der Waals surface area contributed by atoms with E-state index >= 15 is 0 Å². The zero-order valence-electron chi connectivity index (χ0n) is 8.76. The number of nitriles is 1. The first-order valence-electron chi connectivity index (χ1n) is 4.82. The Labute approximate surface area is 90.4 Å². The van der Waals surface area contributed by atoms with Crippen molar-refractivity contribution in [2.24, 2.45) is 5.73 Å². The van der Waals surface area contributed by atoms with Gasteiger partial charge in [0.25, 0.3) is 10.2 Å². The number of rotatable bonds is 4. The summed E-state index contributed by atoms with van der Waals surface area (Å²) in [6, 6.07) is 1.86. The molecule has 1 heterocycles. The molecular weight excluding hydrogens is 216 g/mol. The second-order valence-corrected chi connectivity index (χ2v) is 5.68. The van der Waals surface area contributed by atoms with Crippen LogP contribution in [0.25, 0.3) is 0 Å². The molecule has 1 rings (SSSR count). The van der Waals surface area contributed by atoms with Crippen LogP contribution in [-0.4, -0.2) is 49.8 Å². The minimum Gasteiger partial charge on any atom is -0.326 e. The van der Waals surface area contributed by atoms with Gasteiger partial charge >= 0.3 is 0 Å². The van der Waals surface area contributed by atoms with Gasteiger partial charge in [0.05, 0.1) is 6.07 Å². The maximum atomic E-state index is 11.9. The standard InChI is InChI=1S/C8H16N4O2S/c1-11(5-2-4-9)15(13,14)12-6-3-8(10)7-12/h8H,2-3,5-7,10H2,1H3/t8-/m1/s1. The van der Waals surface area contributed by atoms with Crippen LogP contribution in [0.15, 0.2) is 0 Å². The Hall–Kier alpha value is -0.680. The van der Waals surface area contributed by atoms with E-state index in [4.69, 9.17) is 11.0 Å². The van der Waals surface area contributed by atoms with Crippen LogP contribution in [0.4, 0.5) is 0 Å². The predicted octanol–water partition coefficient (Wildman–Crippen LogP) is -0.890. The molecule has 0 unspecified atom stereocenters. The largest absolute Gasteiger partial charge is 0.326 e. The van der Waals surface area contributed by atoms with E-state index in [1.165, 1.54) is 15.7 Å². The highest BCUT2D eigenvalue weighted by Crippen LogP contribution is 2.14. The molecule has 0 aromatic heterocycles. The lowest BCUT2D eigenvalue weighted by atomic mass is 10.3. The van der Waals surface area contributed by atoms with Crippen molar-refractivity contribution >= 4 is 10.2 Å². The van der Waals surface area contributed by atoms with Crippen LogP contribution in [0.1, 0.15) is 12.8 Å². The molecule has 1 aliphatic heterocycles. The smallest absolute Gasteiger partial charge is 0.281 e. The zero-order valence-corrected chi connectivity index (χ0v) is 9.57. The molecule has 0 amide bonds. The average molecular weight is 232 g/mol. The Morgan fingerprint density at radius 3 is 2.80 bits per heavy atom. The Kier molecular flexibility index (Phi) is 4.04. The summed E-state index contributed by atoms with van der Waals surface area (Å²) in [5, 5.41) is 8.38. The molecule has 0 aliphatic carbocycles. The summed E-state index contributed by atoms with van der Waals surface area (Å²) in [7, 11) is -1.93. The van der Waals surface area contributed by atoms with Gasteiger partial charge in [0, 0.05) is 39.1 Å². The quantitative estimate of drug-likeness (QED) is 0.680. The van der Waals surface area contributed by atoms with Crippen LogP contribution < -0.4 is 5.73 Å². The Morgan fingerprint density at radius 1 is 1.67 bits per heavy atom. The number of hydrogen-bond acceptors (Lipinski definition) is 4. The monoisotopic (exact) mass is 232 g/mol. The van der Waals surface area contributed by atoms with Crippen molar-refractivity contribution in [2.75, 3.05) is 26.7 Å². The van der Waals surface area contributed by atoms with E-state index in [1.54, 1.807) is 0 Å². The first kappa shape index (κ1) is 12.4. The van der Waals surface area contributed by atoms with Gasteiger partial charge in [-0.2, -0.15) is 22.3 Å². The molecule has 0 aromatic rings. The van der Waals surface area contributed by atoms with Gasteiger partial charge in [0.1, 0.15) is 0 Å². The highest BCUT2D eigenvalue weighted by molar-refractivity contribution is 7.86. The lowest BCUT2D eigenvalue weighted by Crippen LogP contribution is -2.42. The topological polar surface area (TPSA) is 90.4 Å². The van der Waals surface area contributed by atoms with Gasteiger partial charge in [-0.25, -0.2) is 0 Å². The summed E-state index contributed by atoms with van der Waals surface area (Å²) < 4.78 is 26.3. The van der Waals surface area contributed by atoms with E-state index in [9.17, 15) is 8.42 Å². The minimum absolute atomic E-state index is 0.0656. The molecule has 0 saturated carbocycles. The van der Waals surface area contributed by atoms with E-state index in [0.717, 1.165) is 0 Å². The Bertz CT molecular complexity index is 348. The molecule has 86 valence electrons. The lowest BCUT2D eigenvalue weighted by molar-refractivity contribution is 0.396. The van der Waals surface area contributed by atoms with Gasteiger partial charge in [-0.1, -0.05) is 0 Å². The SMILES string of the molecule is CN(CCC#N)S(=O)(=O)N1CC[C@@H](N)C1. The molecule has 6 nitrogen and oxygen atoms in total. The Balaban J connectivity index is 2.62. The molecule has 2 N–H and O–H groups in total. The second kappa shape index (κ2) is 4.90. The van der Waals surface area contributed by atoms with Crippen LogP contribution in [0.2, 0.25) is 0 Å². The van der Waals surface area contributed by atoms with Crippen molar-refractivity contribution < 1.29 is 8.42 Å². The summed E-state index contributed by atoms with van der Waals surface area (Å²) in [6.45, 7) is 1.07. The molecular formula is C8H16N4O2S. The van der Waals surface area contributed by atoms with E-state index in [-0.39, 0.29) is 19.0 Å². The lowest BCUT2D eigenvalue weighted by Gasteiger charge is -2.23. The van der Waals surface area contributed by atoms with E-state index in [1.807, 2.05) is 6.07 Å². The van der Waals surface area contributed by atoms with Crippen LogP contribution in [0.5, 0.6) is 0 Å². The molecule has 0 radical (unpaired) electrons. The molecule has 1 fully saturated rings. The fourth-order valence-corrected chi connectivity index (χ4v) is 2.92. The number of hydrogen-bond donors (Lipinski definition) is 1. The van der Waals surface area contributed by atoms with Crippen molar-refractivity contribution in [3.63, 3.8) is 0 Å². The molecule has 1 atom stereocenters. The first-order valence-corrected chi connectivity index (χ1v) is 6.22. The third-order valence-corrected chi connectivity index (χ3v) is 4.40. The fraction of sp³-hybridized carbons (Fsp3) is 0.875. The number of nitrogens with zero attached hydrogens (tertiary/aromatic N) is 3. The minimum atomic E-state index is -3.41. The molecule has 7 heteroatoms. The summed E-state index contributed by atoms with van der Waals surface area (Å²) >= 11 is 0. The summed E-state index contributed by atoms with van der Waals surface area (Å²) in [5.41, 5.74) is 5.65. The molecule has 0 bridgehead atoms. The third-order valence-electron chi connectivity index (χ3n) is 2.45. The molecule has 1 aliphatic rings. The van der Waals surface area contributed by atoms with Crippen LogP contribution in [0, 0.1) is 11.3 Å². The molecule has 0 aromatic carbocycles. The van der Waals surface area contributed by atoms with E-state index < -0.39 is 10.2 Å². The summed E-state index contributed by atoms with van der Waals surface area (Å²) in [4.78, 5) is 0.